The third-order valence-electron chi connectivity index (χ3n) is 2.32. The molecule has 0 saturated carbocycles. The van der Waals surface area contributed by atoms with Crippen molar-refractivity contribution >= 4 is 27.5 Å². The van der Waals surface area contributed by atoms with Crippen molar-refractivity contribution in [2.24, 2.45) is 0 Å². The molecule has 0 saturated heterocycles. The first-order chi connectivity index (χ1) is 8.08. The molecule has 5 heteroatoms. The number of halogens is 3. The van der Waals surface area contributed by atoms with E-state index in [1.807, 2.05) is 0 Å². The van der Waals surface area contributed by atoms with Crippen LogP contribution in [0.15, 0.2) is 45.8 Å². The molecule has 0 N–H and O–H groups in total. The van der Waals surface area contributed by atoms with E-state index in [0.29, 0.717) is 5.56 Å². The standard InChI is InChI=1S/C12H8BrClFNO/c13-9-4-5-11(17)16(7-9)6-8-2-1-3-10(14)12(8)15/h1-5,7H,6H2. The van der Waals surface area contributed by atoms with Crippen LogP contribution in [-0.4, -0.2) is 4.57 Å². The molecular weight excluding hydrogens is 308 g/mol. The highest BCUT2D eigenvalue weighted by molar-refractivity contribution is 9.10. The molecule has 2 aromatic rings. The Labute approximate surface area is 111 Å². The lowest BCUT2D eigenvalue weighted by Gasteiger charge is -2.07. The van der Waals surface area contributed by atoms with Gasteiger partial charge in [0.15, 0.2) is 0 Å². The molecule has 0 aliphatic rings. The number of nitrogens with zero attached hydrogens (tertiary/aromatic N) is 1. The van der Waals surface area contributed by atoms with Gasteiger partial charge in [0, 0.05) is 22.3 Å². The second kappa shape index (κ2) is 5.02. The highest BCUT2D eigenvalue weighted by Crippen LogP contribution is 2.18. The van der Waals surface area contributed by atoms with Gasteiger partial charge in [-0.3, -0.25) is 4.79 Å². The third kappa shape index (κ3) is 2.76. The van der Waals surface area contributed by atoms with E-state index in [1.165, 1.54) is 16.7 Å². The van der Waals surface area contributed by atoms with Gasteiger partial charge in [0.2, 0.25) is 0 Å². The zero-order chi connectivity index (χ0) is 12.4. The lowest BCUT2D eigenvalue weighted by atomic mass is 10.2. The van der Waals surface area contributed by atoms with Gasteiger partial charge in [-0.25, -0.2) is 4.39 Å². The van der Waals surface area contributed by atoms with E-state index in [2.05, 4.69) is 15.9 Å². The fourth-order valence-electron chi connectivity index (χ4n) is 1.48. The number of benzene rings is 1. The molecule has 17 heavy (non-hydrogen) atoms. The van der Waals surface area contributed by atoms with Crippen LogP contribution in [0.3, 0.4) is 0 Å². The molecule has 0 aliphatic carbocycles. The van der Waals surface area contributed by atoms with Crippen LogP contribution in [0.1, 0.15) is 5.56 Å². The average molecular weight is 317 g/mol. The van der Waals surface area contributed by atoms with Crippen LogP contribution in [0, 0.1) is 5.82 Å². The van der Waals surface area contributed by atoms with Crippen LogP contribution in [0.2, 0.25) is 5.02 Å². The molecule has 0 fully saturated rings. The van der Waals surface area contributed by atoms with Crippen molar-refractivity contribution in [1.82, 2.24) is 4.57 Å². The molecule has 0 bridgehead atoms. The Morgan fingerprint density at radius 2 is 2.06 bits per heavy atom. The average Bonchev–Trinajstić information content (AvgIpc) is 2.30. The Morgan fingerprint density at radius 1 is 1.29 bits per heavy atom. The molecule has 1 heterocycles. The van der Waals surface area contributed by atoms with Gasteiger partial charge in [-0.1, -0.05) is 23.7 Å². The molecule has 2 rings (SSSR count). The summed E-state index contributed by atoms with van der Waals surface area (Å²) in [5.74, 6) is -0.485. The van der Waals surface area contributed by atoms with Crippen molar-refractivity contribution in [3.05, 3.63) is 67.8 Å². The molecule has 0 unspecified atom stereocenters. The summed E-state index contributed by atoms with van der Waals surface area (Å²) in [6, 6.07) is 7.81. The fourth-order valence-corrected chi connectivity index (χ4v) is 2.05. The second-order valence-electron chi connectivity index (χ2n) is 3.53. The molecule has 0 aliphatic heterocycles. The van der Waals surface area contributed by atoms with Gasteiger partial charge < -0.3 is 4.57 Å². The first-order valence-electron chi connectivity index (χ1n) is 4.87. The van der Waals surface area contributed by atoms with Crippen molar-refractivity contribution in [3.63, 3.8) is 0 Å². The number of hydrogen-bond acceptors (Lipinski definition) is 1. The van der Waals surface area contributed by atoms with Crippen LogP contribution in [-0.2, 0) is 6.54 Å². The van der Waals surface area contributed by atoms with Crippen molar-refractivity contribution in [2.45, 2.75) is 6.54 Å². The smallest absolute Gasteiger partial charge is 0.250 e. The number of rotatable bonds is 2. The SMILES string of the molecule is O=c1ccc(Br)cn1Cc1cccc(Cl)c1F. The number of pyridine rings is 1. The molecule has 1 aromatic carbocycles. The summed E-state index contributed by atoms with van der Waals surface area (Å²) in [7, 11) is 0. The zero-order valence-electron chi connectivity index (χ0n) is 8.66. The molecular formula is C12H8BrClFNO. The second-order valence-corrected chi connectivity index (χ2v) is 4.85. The van der Waals surface area contributed by atoms with E-state index >= 15 is 0 Å². The fraction of sp³-hybridized carbons (Fsp3) is 0.0833. The maximum atomic E-state index is 13.7. The van der Waals surface area contributed by atoms with Crippen LogP contribution in [0.5, 0.6) is 0 Å². The van der Waals surface area contributed by atoms with Crippen LogP contribution in [0.25, 0.3) is 0 Å². The summed E-state index contributed by atoms with van der Waals surface area (Å²) >= 11 is 8.94. The lowest BCUT2D eigenvalue weighted by molar-refractivity contribution is 0.596. The van der Waals surface area contributed by atoms with Gasteiger partial charge in [-0.15, -0.1) is 0 Å². The Kier molecular flexibility index (Phi) is 3.64. The van der Waals surface area contributed by atoms with E-state index in [-0.39, 0.29) is 17.1 Å². The van der Waals surface area contributed by atoms with Gasteiger partial charge >= 0.3 is 0 Å². The zero-order valence-corrected chi connectivity index (χ0v) is 11.0. The van der Waals surface area contributed by atoms with Gasteiger partial charge in [0.1, 0.15) is 5.82 Å². The van der Waals surface area contributed by atoms with Gasteiger partial charge in [-0.2, -0.15) is 0 Å². The molecule has 0 amide bonds. The monoisotopic (exact) mass is 315 g/mol. The van der Waals surface area contributed by atoms with Crippen molar-refractivity contribution in [2.75, 3.05) is 0 Å². The maximum Gasteiger partial charge on any atom is 0.250 e. The highest BCUT2D eigenvalue weighted by atomic mass is 79.9. The predicted molar refractivity (Wildman–Crippen MR) is 68.9 cm³/mol. The molecule has 1 aromatic heterocycles. The quantitative estimate of drug-likeness (QED) is 0.832. The summed E-state index contributed by atoms with van der Waals surface area (Å²) < 4.78 is 15.8. The number of aromatic nitrogens is 1. The summed E-state index contributed by atoms with van der Waals surface area (Å²) in [5.41, 5.74) is 0.199. The minimum atomic E-state index is -0.485. The van der Waals surface area contributed by atoms with E-state index in [1.54, 1.807) is 24.4 Å². The first-order valence-corrected chi connectivity index (χ1v) is 6.04. The largest absolute Gasteiger partial charge is 0.310 e. The maximum absolute atomic E-state index is 13.7. The van der Waals surface area contributed by atoms with Gasteiger partial charge in [0.25, 0.3) is 5.56 Å². The normalized spacial score (nSPS) is 10.5. The Bertz CT molecular complexity index is 612. The summed E-state index contributed by atoms with van der Waals surface area (Å²) in [4.78, 5) is 11.6. The molecule has 0 spiro atoms. The van der Waals surface area contributed by atoms with Crippen molar-refractivity contribution in [1.29, 1.82) is 0 Å². The van der Waals surface area contributed by atoms with Crippen molar-refractivity contribution < 1.29 is 4.39 Å². The van der Waals surface area contributed by atoms with Crippen molar-refractivity contribution in [3.8, 4) is 0 Å². The van der Waals surface area contributed by atoms with Gasteiger partial charge in [0.05, 0.1) is 11.6 Å². The molecule has 0 atom stereocenters. The van der Waals surface area contributed by atoms with Gasteiger partial charge in [-0.05, 0) is 28.1 Å². The number of hydrogen-bond donors (Lipinski definition) is 0. The Balaban J connectivity index is 2.41. The predicted octanol–water partition coefficient (Wildman–Crippen LogP) is 3.45. The summed E-state index contributed by atoms with van der Waals surface area (Å²) in [5, 5.41) is 0.0607. The topological polar surface area (TPSA) is 22.0 Å². The Hall–Kier alpha value is -1.13. The van der Waals surface area contributed by atoms with Crippen LogP contribution < -0.4 is 5.56 Å². The summed E-state index contributed by atoms with van der Waals surface area (Å²) in [6.45, 7) is 0.157. The molecule has 88 valence electrons. The molecule has 0 radical (unpaired) electrons. The van der Waals surface area contributed by atoms with E-state index in [0.717, 1.165) is 4.47 Å². The highest BCUT2D eigenvalue weighted by Gasteiger charge is 2.07. The lowest BCUT2D eigenvalue weighted by Crippen LogP contribution is -2.19. The minimum Gasteiger partial charge on any atom is -0.310 e. The van der Waals surface area contributed by atoms with E-state index < -0.39 is 5.82 Å². The van der Waals surface area contributed by atoms with Crippen LogP contribution >= 0.6 is 27.5 Å². The molecule has 2 nitrogen and oxygen atoms in total. The van der Waals surface area contributed by atoms with E-state index in [9.17, 15) is 9.18 Å². The van der Waals surface area contributed by atoms with E-state index in [4.69, 9.17) is 11.6 Å². The van der Waals surface area contributed by atoms with Crippen LogP contribution in [0.4, 0.5) is 4.39 Å². The minimum absolute atomic E-state index is 0.0607. The Morgan fingerprint density at radius 3 is 2.82 bits per heavy atom. The first kappa shape index (κ1) is 12.3. The summed E-state index contributed by atoms with van der Waals surface area (Å²) in [6.07, 6.45) is 1.61. The third-order valence-corrected chi connectivity index (χ3v) is 3.08.